The van der Waals surface area contributed by atoms with Crippen molar-refractivity contribution in [3.63, 3.8) is 0 Å². The minimum absolute atomic E-state index is 0.634. The number of hydrogen-bond donors (Lipinski definition) is 0. The molecule has 18 heavy (non-hydrogen) atoms. The van der Waals surface area contributed by atoms with E-state index in [9.17, 15) is 0 Å². The Kier molecular flexibility index (Phi) is 2.95. The van der Waals surface area contributed by atoms with Crippen LogP contribution in [0.3, 0.4) is 0 Å². The summed E-state index contributed by atoms with van der Waals surface area (Å²) >= 11 is 0. The molecule has 1 unspecified atom stereocenters. The van der Waals surface area contributed by atoms with Crippen LogP contribution in [0, 0.1) is 5.92 Å². The SMILES string of the molecule is CC1=CC(C)C=C1CCC1=Cc2ccccc2C1. The van der Waals surface area contributed by atoms with Crippen LogP contribution in [0.25, 0.3) is 6.08 Å². The van der Waals surface area contributed by atoms with Gasteiger partial charge in [0.1, 0.15) is 0 Å². The molecule has 1 aromatic rings. The quantitative estimate of drug-likeness (QED) is 0.698. The third-order valence-corrected chi connectivity index (χ3v) is 4.03. The van der Waals surface area contributed by atoms with Crippen LogP contribution in [0.1, 0.15) is 37.8 Å². The van der Waals surface area contributed by atoms with Crippen LogP contribution in [-0.2, 0) is 6.42 Å². The standard InChI is InChI=1S/C18H20/c1-13-9-14(2)16(10-13)8-7-15-11-17-5-3-4-6-18(17)12-15/h3-6,9-11,13H,7-8,12H2,1-2H3. The molecule has 2 aliphatic rings. The largest absolute Gasteiger partial charge is 0.0747 e. The van der Waals surface area contributed by atoms with Gasteiger partial charge in [-0.25, -0.2) is 0 Å². The Labute approximate surface area is 110 Å². The molecule has 0 saturated heterocycles. The van der Waals surface area contributed by atoms with Crippen molar-refractivity contribution in [1.82, 2.24) is 0 Å². The molecule has 0 spiro atoms. The van der Waals surface area contributed by atoms with Crippen molar-refractivity contribution < 1.29 is 0 Å². The molecule has 0 saturated carbocycles. The molecular formula is C18H20. The molecule has 0 amide bonds. The molecule has 0 N–H and O–H groups in total. The summed E-state index contributed by atoms with van der Waals surface area (Å²) in [5, 5.41) is 0. The predicted molar refractivity (Wildman–Crippen MR) is 78.4 cm³/mol. The fourth-order valence-corrected chi connectivity index (χ4v) is 3.09. The van der Waals surface area contributed by atoms with Gasteiger partial charge in [0.2, 0.25) is 0 Å². The van der Waals surface area contributed by atoms with Crippen LogP contribution in [0.15, 0.2) is 53.1 Å². The second-order valence-electron chi connectivity index (χ2n) is 5.58. The topological polar surface area (TPSA) is 0 Å². The zero-order chi connectivity index (χ0) is 12.5. The van der Waals surface area contributed by atoms with E-state index >= 15 is 0 Å². The minimum atomic E-state index is 0.634. The van der Waals surface area contributed by atoms with E-state index in [1.165, 1.54) is 29.5 Å². The van der Waals surface area contributed by atoms with Crippen molar-refractivity contribution in [2.24, 2.45) is 5.92 Å². The van der Waals surface area contributed by atoms with Gasteiger partial charge < -0.3 is 0 Å². The lowest BCUT2D eigenvalue weighted by molar-refractivity contribution is 0.900. The molecule has 0 nitrogen and oxygen atoms in total. The first-order chi connectivity index (χ1) is 8.72. The summed E-state index contributed by atoms with van der Waals surface area (Å²) in [5.74, 6) is 0.634. The van der Waals surface area contributed by atoms with Crippen LogP contribution in [0.2, 0.25) is 0 Å². The number of fused-ring (bicyclic) bond motifs is 1. The molecule has 1 aromatic carbocycles. The Morgan fingerprint density at radius 3 is 2.67 bits per heavy atom. The normalized spacial score (nSPS) is 21.4. The van der Waals surface area contributed by atoms with E-state index in [-0.39, 0.29) is 0 Å². The van der Waals surface area contributed by atoms with Crippen LogP contribution in [0.5, 0.6) is 0 Å². The fourth-order valence-electron chi connectivity index (χ4n) is 3.09. The summed E-state index contributed by atoms with van der Waals surface area (Å²) in [7, 11) is 0. The van der Waals surface area contributed by atoms with E-state index in [2.05, 4.69) is 56.3 Å². The van der Waals surface area contributed by atoms with Crippen LogP contribution >= 0.6 is 0 Å². The van der Waals surface area contributed by atoms with Crippen LogP contribution in [-0.4, -0.2) is 0 Å². The molecule has 0 aromatic heterocycles. The van der Waals surface area contributed by atoms with Crippen molar-refractivity contribution >= 4 is 6.08 Å². The van der Waals surface area contributed by atoms with Crippen molar-refractivity contribution in [1.29, 1.82) is 0 Å². The molecule has 1 atom stereocenters. The summed E-state index contributed by atoms with van der Waals surface area (Å²) in [6, 6.07) is 8.75. The van der Waals surface area contributed by atoms with Gasteiger partial charge in [0.25, 0.3) is 0 Å². The Morgan fingerprint density at radius 2 is 1.94 bits per heavy atom. The first kappa shape index (κ1) is 11.5. The Bertz CT molecular complexity index is 555. The lowest BCUT2D eigenvalue weighted by Crippen LogP contribution is -1.88. The minimum Gasteiger partial charge on any atom is -0.0747 e. The average molecular weight is 236 g/mol. The summed E-state index contributed by atoms with van der Waals surface area (Å²) in [6.45, 7) is 4.51. The smallest absolute Gasteiger partial charge is 0.00577 e. The first-order valence-corrected chi connectivity index (χ1v) is 6.89. The van der Waals surface area contributed by atoms with Gasteiger partial charge >= 0.3 is 0 Å². The first-order valence-electron chi connectivity index (χ1n) is 6.89. The van der Waals surface area contributed by atoms with Gasteiger partial charge in [0.15, 0.2) is 0 Å². The number of rotatable bonds is 3. The molecule has 0 heterocycles. The highest BCUT2D eigenvalue weighted by atomic mass is 14.2. The van der Waals surface area contributed by atoms with Gasteiger partial charge in [0.05, 0.1) is 0 Å². The van der Waals surface area contributed by atoms with Crippen LogP contribution in [0.4, 0.5) is 0 Å². The average Bonchev–Trinajstić information content (AvgIpc) is 2.89. The van der Waals surface area contributed by atoms with Crippen molar-refractivity contribution in [3.8, 4) is 0 Å². The van der Waals surface area contributed by atoms with Crippen molar-refractivity contribution in [2.45, 2.75) is 33.1 Å². The Balaban J connectivity index is 1.64. The Hall–Kier alpha value is -1.56. The van der Waals surface area contributed by atoms with Crippen molar-refractivity contribution in [3.05, 3.63) is 64.3 Å². The van der Waals surface area contributed by atoms with Gasteiger partial charge in [-0.3, -0.25) is 0 Å². The summed E-state index contributed by atoms with van der Waals surface area (Å²) in [4.78, 5) is 0. The monoisotopic (exact) mass is 236 g/mol. The fraction of sp³-hybridized carbons (Fsp3) is 0.333. The van der Waals surface area contributed by atoms with E-state index in [4.69, 9.17) is 0 Å². The molecule has 0 bridgehead atoms. The van der Waals surface area contributed by atoms with Gasteiger partial charge in [0, 0.05) is 0 Å². The lowest BCUT2D eigenvalue weighted by Gasteiger charge is -2.05. The zero-order valence-electron chi connectivity index (χ0n) is 11.2. The van der Waals surface area contributed by atoms with E-state index in [0.717, 1.165) is 6.42 Å². The number of benzene rings is 1. The Morgan fingerprint density at radius 1 is 1.11 bits per heavy atom. The molecule has 3 rings (SSSR count). The maximum Gasteiger partial charge on any atom is -0.00577 e. The van der Waals surface area contributed by atoms with Crippen molar-refractivity contribution in [2.75, 3.05) is 0 Å². The highest BCUT2D eigenvalue weighted by Crippen LogP contribution is 2.32. The number of allylic oxidation sites excluding steroid dienone is 5. The van der Waals surface area contributed by atoms with Crippen LogP contribution < -0.4 is 0 Å². The molecule has 0 aliphatic heterocycles. The highest BCUT2D eigenvalue weighted by molar-refractivity contribution is 5.63. The summed E-state index contributed by atoms with van der Waals surface area (Å²) in [5.41, 5.74) is 7.55. The lowest BCUT2D eigenvalue weighted by atomic mass is 10.0. The summed E-state index contributed by atoms with van der Waals surface area (Å²) < 4.78 is 0. The zero-order valence-corrected chi connectivity index (χ0v) is 11.2. The molecule has 92 valence electrons. The number of hydrogen-bond acceptors (Lipinski definition) is 0. The third-order valence-electron chi connectivity index (χ3n) is 4.03. The highest BCUT2D eigenvalue weighted by Gasteiger charge is 2.14. The van der Waals surface area contributed by atoms with Gasteiger partial charge in [-0.15, -0.1) is 0 Å². The van der Waals surface area contributed by atoms with Gasteiger partial charge in [-0.1, -0.05) is 60.6 Å². The van der Waals surface area contributed by atoms with E-state index < -0.39 is 0 Å². The molecule has 0 radical (unpaired) electrons. The molecular weight excluding hydrogens is 216 g/mol. The van der Waals surface area contributed by atoms with Gasteiger partial charge in [-0.2, -0.15) is 0 Å². The van der Waals surface area contributed by atoms with E-state index in [0.29, 0.717) is 5.92 Å². The molecule has 0 heteroatoms. The maximum atomic E-state index is 2.41. The van der Waals surface area contributed by atoms with E-state index in [1.807, 2.05) is 0 Å². The second-order valence-corrected chi connectivity index (χ2v) is 5.58. The van der Waals surface area contributed by atoms with Gasteiger partial charge in [-0.05, 0) is 48.8 Å². The maximum absolute atomic E-state index is 2.41. The predicted octanol–water partition coefficient (Wildman–Crippen LogP) is 4.93. The molecule has 2 aliphatic carbocycles. The molecule has 0 fully saturated rings. The third kappa shape index (κ3) is 2.20. The summed E-state index contributed by atoms with van der Waals surface area (Å²) in [6.07, 6.45) is 10.7. The second kappa shape index (κ2) is 4.61. The van der Waals surface area contributed by atoms with E-state index in [1.54, 1.807) is 11.1 Å².